The fraction of sp³-hybridized carbons (Fsp3) is 0. The molecule has 1 aromatic heterocycles. The van der Waals surface area contributed by atoms with Gasteiger partial charge in [-0.2, -0.15) is 0 Å². The summed E-state index contributed by atoms with van der Waals surface area (Å²) in [6.45, 7) is 0. The van der Waals surface area contributed by atoms with Crippen molar-refractivity contribution in [2.45, 2.75) is 0 Å². The number of nitrogen functional groups attached to an aromatic ring is 1. The zero-order chi connectivity index (χ0) is 16.1. The van der Waals surface area contributed by atoms with Crippen LogP contribution >= 0.6 is 0 Å². The van der Waals surface area contributed by atoms with E-state index in [9.17, 15) is 4.79 Å². The van der Waals surface area contributed by atoms with Crippen molar-refractivity contribution in [2.75, 3.05) is 11.1 Å². The third-order valence-corrected chi connectivity index (χ3v) is 3.13. The van der Waals surface area contributed by atoms with E-state index in [1.54, 1.807) is 18.2 Å². The summed E-state index contributed by atoms with van der Waals surface area (Å²) in [5.74, 6) is 0.956. The monoisotopic (exact) mass is 305 g/mol. The molecule has 3 aromatic rings. The lowest BCUT2D eigenvalue weighted by atomic mass is 10.2. The highest BCUT2D eigenvalue weighted by molar-refractivity contribution is 6.05. The van der Waals surface area contributed by atoms with Crippen LogP contribution in [0.2, 0.25) is 0 Å². The van der Waals surface area contributed by atoms with Gasteiger partial charge in [-0.3, -0.25) is 9.78 Å². The van der Waals surface area contributed by atoms with Crippen LogP contribution in [0.1, 0.15) is 10.4 Å². The molecule has 0 aliphatic rings. The minimum absolute atomic E-state index is 0.297. The van der Waals surface area contributed by atoms with Crippen molar-refractivity contribution in [1.82, 2.24) is 4.98 Å². The maximum Gasteiger partial charge on any atom is 0.257 e. The number of benzene rings is 2. The first-order valence-corrected chi connectivity index (χ1v) is 7.06. The summed E-state index contributed by atoms with van der Waals surface area (Å²) in [6.07, 6.45) is 2.95. The Bertz CT molecular complexity index is 819. The number of hydrogen-bond donors (Lipinski definition) is 2. The van der Waals surface area contributed by atoms with Crippen LogP contribution < -0.4 is 15.8 Å². The molecule has 5 heteroatoms. The van der Waals surface area contributed by atoms with Gasteiger partial charge in [-0.05, 0) is 30.3 Å². The second-order valence-electron chi connectivity index (χ2n) is 4.87. The summed E-state index contributed by atoms with van der Waals surface area (Å²) in [6, 6.07) is 18.2. The first-order valence-electron chi connectivity index (χ1n) is 7.06. The van der Waals surface area contributed by atoms with Crippen LogP contribution in [0.15, 0.2) is 73.1 Å². The molecule has 3 rings (SSSR count). The van der Waals surface area contributed by atoms with Gasteiger partial charge >= 0.3 is 0 Å². The number of nitrogens with one attached hydrogen (secondary N) is 1. The molecule has 0 radical (unpaired) electrons. The van der Waals surface area contributed by atoms with E-state index in [0.29, 0.717) is 28.4 Å². The average Bonchev–Trinajstić information content (AvgIpc) is 2.57. The van der Waals surface area contributed by atoms with Crippen LogP contribution in [0.3, 0.4) is 0 Å². The maximum absolute atomic E-state index is 12.3. The predicted molar refractivity (Wildman–Crippen MR) is 89.6 cm³/mol. The Labute approximate surface area is 133 Å². The van der Waals surface area contributed by atoms with E-state index in [1.165, 1.54) is 12.4 Å². The van der Waals surface area contributed by atoms with E-state index in [1.807, 2.05) is 42.5 Å². The van der Waals surface area contributed by atoms with Gasteiger partial charge in [0.15, 0.2) is 5.75 Å². The van der Waals surface area contributed by atoms with Gasteiger partial charge in [-0.1, -0.05) is 30.3 Å². The summed E-state index contributed by atoms with van der Waals surface area (Å²) >= 11 is 0. The standard InChI is InChI=1S/C18H15N3O2/c19-14-10-13(11-20-12-14)18(22)21-16-8-4-5-9-17(16)23-15-6-2-1-3-7-15/h1-12H,19H2,(H,21,22). The van der Waals surface area contributed by atoms with Gasteiger partial charge in [0.1, 0.15) is 5.75 Å². The Balaban J connectivity index is 1.82. The number of hydrogen-bond acceptors (Lipinski definition) is 4. The lowest BCUT2D eigenvalue weighted by molar-refractivity contribution is 0.102. The van der Waals surface area contributed by atoms with Crippen molar-refractivity contribution >= 4 is 17.3 Å². The average molecular weight is 305 g/mol. The number of carbonyl (C=O) groups excluding carboxylic acids is 1. The highest BCUT2D eigenvalue weighted by Gasteiger charge is 2.11. The number of nitrogens with two attached hydrogens (primary N) is 1. The van der Waals surface area contributed by atoms with Crippen LogP contribution in [0.5, 0.6) is 11.5 Å². The third-order valence-electron chi connectivity index (χ3n) is 3.13. The number of amides is 1. The van der Waals surface area contributed by atoms with Crippen molar-refractivity contribution in [2.24, 2.45) is 0 Å². The molecule has 0 atom stereocenters. The van der Waals surface area contributed by atoms with Crippen molar-refractivity contribution < 1.29 is 9.53 Å². The molecule has 0 spiro atoms. The van der Waals surface area contributed by atoms with E-state index in [0.717, 1.165) is 0 Å². The van der Waals surface area contributed by atoms with Crippen LogP contribution in [0, 0.1) is 0 Å². The van der Waals surface area contributed by atoms with E-state index in [2.05, 4.69) is 10.3 Å². The second kappa shape index (κ2) is 6.62. The van der Waals surface area contributed by atoms with Crippen molar-refractivity contribution in [3.8, 4) is 11.5 Å². The number of anilines is 2. The number of carbonyl (C=O) groups is 1. The number of aromatic nitrogens is 1. The topological polar surface area (TPSA) is 77.2 Å². The largest absolute Gasteiger partial charge is 0.455 e. The van der Waals surface area contributed by atoms with E-state index in [-0.39, 0.29) is 5.91 Å². The first-order chi connectivity index (χ1) is 11.2. The van der Waals surface area contributed by atoms with Crippen molar-refractivity contribution in [3.63, 3.8) is 0 Å². The van der Waals surface area contributed by atoms with Gasteiger partial charge in [-0.15, -0.1) is 0 Å². The van der Waals surface area contributed by atoms with Gasteiger partial charge < -0.3 is 15.8 Å². The molecular formula is C18H15N3O2. The minimum atomic E-state index is -0.297. The lowest BCUT2D eigenvalue weighted by Gasteiger charge is -2.12. The SMILES string of the molecule is Nc1cncc(C(=O)Nc2ccccc2Oc2ccccc2)c1. The summed E-state index contributed by atoms with van der Waals surface area (Å²) in [4.78, 5) is 16.2. The molecule has 0 aliphatic carbocycles. The molecule has 0 saturated carbocycles. The quantitative estimate of drug-likeness (QED) is 0.770. The third kappa shape index (κ3) is 3.65. The van der Waals surface area contributed by atoms with Crippen molar-refractivity contribution in [3.05, 3.63) is 78.6 Å². The molecule has 0 saturated heterocycles. The number of ether oxygens (including phenoxy) is 1. The molecule has 1 heterocycles. The summed E-state index contributed by atoms with van der Waals surface area (Å²) < 4.78 is 5.81. The molecule has 3 N–H and O–H groups in total. The highest BCUT2D eigenvalue weighted by atomic mass is 16.5. The van der Waals surface area contributed by atoms with Gasteiger partial charge in [0.05, 0.1) is 16.9 Å². The Morgan fingerprint density at radius 3 is 2.52 bits per heavy atom. The zero-order valence-electron chi connectivity index (χ0n) is 12.3. The van der Waals surface area contributed by atoms with E-state index >= 15 is 0 Å². The number of nitrogens with zero attached hydrogens (tertiary/aromatic N) is 1. The molecule has 1 amide bonds. The molecule has 0 unspecified atom stereocenters. The maximum atomic E-state index is 12.3. The molecule has 0 aliphatic heterocycles. The molecular weight excluding hydrogens is 290 g/mol. The van der Waals surface area contributed by atoms with Gasteiger partial charge in [0, 0.05) is 12.4 Å². The summed E-state index contributed by atoms with van der Waals surface area (Å²) in [5.41, 5.74) is 7.05. The molecule has 114 valence electrons. The first kappa shape index (κ1) is 14.6. The number of rotatable bonds is 4. The Morgan fingerprint density at radius 2 is 1.74 bits per heavy atom. The fourth-order valence-corrected chi connectivity index (χ4v) is 2.05. The minimum Gasteiger partial charge on any atom is -0.455 e. The van der Waals surface area contributed by atoms with Crippen LogP contribution in [-0.4, -0.2) is 10.9 Å². The molecule has 23 heavy (non-hydrogen) atoms. The lowest BCUT2D eigenvalue weighted by Crippen LogP contribution is -2.13. The number of para-hydroxylation sites is 3. The van der Waals surface area contributed by atoms with Crippen LogP contribution in [-0.2, 0) is 0 Å². The second-order valence-corrected chi connectivity index (χ2v) is 4.87. The Morgan fingerprint density at radius 1 is 1.00 bits per heavy atom. The molecule has 2 aromatic carbocycles. The van der Waals surface area contributed by atoms with E-state index in [4.69, 9.17) is 10.5 Å². The number of pyridine rings is 1. The normalized spacial score (nSPS) is 10.1. The van der Waals surface area contributed by atoms with Crippen LogP contribution in [0.25, 0.3) is 0 Å². The highest BCUT2D eigenvalue weighted by Crippen LogP contribution is 2.29. The fourth-order valence-electron chi connectivity index (χ4n) is 2.05. The Kier molecular flexibility index (Phi) is 4.20. The van der Waals surface area contributed by atoms with Gasteiger partial charge in [0.2, 0.25) is 0 Å². The molecule has 0 fully saturated rings. The zero-order valence-corrected chi connectivity index (χ0v) is 12.3. The smallest absolute Gasteiger partial charge is 0.257 e. The predicted octanol–water partition coefficient (Wildman–Crippen LogP) is 3.71. The Hall–Kier alpha value is -3.34. The van der Waals surface area contributed by atoms with Gasteiger partial charge in [-0.25, -0.2) is 0 Å². The van der Waals surface area contributed by atoms with Gasteiger partial charge in [0.25, 0.3) is 5.91 Å². The molecule has 0 bridgehead atoms. The van der Waals surface area contributed by atoms with Crippen molar-refractivity contribution in [1.29, 1.82) is 0 Å². The van der Waals surface area contributed by atoms with E-state index < -0.39 is 0 Å². The molecule has 5 nitrogen and oxygen atoms in total. The summed E-state index contributed by atoms with van der Waals surface area (Å²) in [7, 11) is 0. The van der Waals surface area contributed by atoms with Crippen LogP contribution in [0.4, 0.5) is 11.4 Å². The summed E-state index contributed by atoms with van der Waals surface area (Å²) in [5, 5.41) is 2.81.